The van der Waals surface area contributed by atoms with Crippen molar-refractivity contribution in [3.8, 4) is 0 Å². The summed E-state index contributed by atoms with van der Waals surface area (Å²) in [6, 6.07) is 6.50. The van der Waals surface area contributed by atoms with Crippen LogP contribution in [0.3, 0.4) is 0 Å². The minimum atomic E-state index is -4.17. The molecule has 37 heavy (non-hydrogen) atoms. The molecule has 0 atom stereocenters. The molecule has 4 rings (SSSR count). The summed E-state index contributed by atoms with van der Waals surface area (Å²) in [6.45, 7) is 2.69. The van der Waals surface area contributed by atoms with Crippen LogP contribution in [0.1, 0.15) is 78.0 Å². The van der Waals surface area contributed by atoms with Crippen molar-refractivity contribution < 1.29 is 26.7 Å². The molecule has 1 amide bonds. The molecule has 1 aliphatic heterocycles. The van der Waals surface area contributed by atoms with E-state index < -0.39 is 30.6 Å². The summed E-state index contributed by atoms with van der Waals surface area (Å²) in [5.74, 6) is 0.0482. The number of nitrogens with one attached hydrogen (secondary N) is 1. The topological polar surface area (TPSA) is 58.1 Å². The maximum atomic E-state index is 13.2. The molecule has 2 aromatic rings. The van der Waals surface area contributed by atoms with Crippen LogP contribution in [-0.2, 0) is 19.3 Å². The van der Waals surface area contributed by atoms with Gasteiger partial charge in [0.05, 0.1) is 5.56 Å². The van der Waals surface area contributed by atoms with Crippen LogP contribution < -0.4 is 5.32 Å². The number of fused-ring (bicyclic) bond motifs is 1. The first-order valence-corrected chi connectivity index (χ1v) is 13.0. The Morgan fingerprint density at radius 2 is 1.84 bits per heavy atom. The van der Waals surface area contributed by atoms with Gasteiger partial charge in [-0.15, -0.1) is 0 Å². The van der Waals surface area contributed by atoms with Crippen molar-refractivity contribution in [1.82, 2.24) is 20.2 Å². The van der Waals surface area contributed by atoms with Crippen LogP contribution in [0.25, 0.3) is 0 Å². The highest BCUT2D eigenvalue weighted by atomic mass is 19.4. The number of carbonyl (C=O) groups excluding carboxylic acids is 1. The number of carbonyl (C=O) groups is 1. The van der Waals surface area contributed by atoms with Gasteiger partial charge in [-0.1, -0.05) is 6.07 Å². The first-order chi connectivity index (χ1) is 17.7. The van der Waals surface area contributed by atoms with Gasteiger partial charge < -0.3 is 10.2 Å². The van der Waals surface area contributed by atoms with Gasteiger partial charge in [-0.25, -0.2) is 8.78 Å². The Hall–Kier alpha value is -2.62. The predicted octanol–water partition coefficient (Wildman–Crippen LogP) is 5.69. The molecule has 2 aromatic heterocycles. The second kappa shape index (κ2) is 12.3. The number of rotatable bonds is 8. The van der Waals surface area contributed by atoms with E-state index in [1.807, 2.05) is 6.07 Å². The Balaban J connectivity index is 1.20. The molecule has 0 radical (unpaired) electrons. The molecule has 0 unspecified atom stereocenters. The summed E-state index contributed by atoms with van der Waals surface area (Å²) < 4.78 is 63.9. The lowest BCUT2D eigenvalue weighted by Crippen LogP contribution is -2.38. The molecule has 0 saturated heterocycles. The second-order valence-electron chi connectivity index (χ2n) is 10.1. The SMILES string of the molecule is O=C(N[C@H]1CC[C@H](CCN2CCc3ccc(CCC(F)(F)F)nc3CC2)CC1)c1cccnc1C(F)F. The van der Waals surface area contributed by atoms with Crippen molar-refractivity contribution in [2.45, 2.75) is 76.4 Å². The van der Waals surface area contributed by atoms with Crippen molar-refractivity contribution >= 4 is 5.91 Å². The zero-order valence-corrected chi connectivity index (χ0v) is 20.7. The predicted molar refractivity (Wildman–Crippen MR) is 129 cm³/mol. The quantitative estimate of drug-likeness (QED) is 0.451. The molecule has 202 valence electrons. The van der Waals surface area contributed by atoms with E-state index in [-0.39, 0.29) is 18.0 Å². The number of aryl methyl sites for hydroxylation is 1. The average molecular weight is 525 g/mol. The fraction of sp³-hybridized carbons (Fsp3) is 0.593. The summed E-state index contributed by atoms with van der Waals surface area (Å²) in [5.41, 5.74) is 1.99. The van der Waals surface area contributed by atoms with Gasteiger partial charge in [-0.3, -0.25) is 14.8 Å². The maximum absolute atomic E-state index is 13.2. The molecule has 1 N–H and O–H groups in total. The Labute approximate surface area is 213 Å². The van der Waals surface area contributed by atoms with Gasteiger partial charge >= 0.3 is 6.18 Å². The summed E-state index contributed by atoms with van der Waals surface area (Å²) in [5, 5.41) is 2.90. The number of amides is 1. The maximum Gasteiger partial charge on any atom is 0.389 e. The van der Waals surface area contributed by atoms with E-state index >= 15 is 0 Å². The number of aromatic nitrogens is 2. The third kappa shape index (κ3) is 7.93. The number of nitrogens with zero attached hydrogens (tertiary/aromatic N) is 3. The summed E-state index contributed by atoms with van der Waals surface area (Å²) >= 11 is 0. The van der Waals surface area contributed by atoms with Gasteiger partial charge in [0.15, 0.2) is 0 Å². The van der Waals surface area contributed by atoms with Crippen molar-refractivity contribution in [3.05, 3.63) is 58.7 Å². The van der Waals surface area contributed by atoms with Crippen molar-refractivity contribution in [2.24, 2.45) is 5.92 Å². The number of pyridine rings is 2. The highest BCUT2D eigenvalue weighted by molar-refractivity contribution is 5.95. The van der Waals surface area contributed by atoms with E-state index in [9.17, 15) is 26.7 Å². The molecule has 1 aliphatic carbocycles. The fourth-order valence-electron chi connectivity index (χ4n) is 5.31. The number of alkyl halides is 5. The monoisotopic (exact) mass is 524 g/mol. The van der Waals surface area contributed by atoms with Crippen LogP contribution >= 0.6 is 0 Å². The molecule has 0 bridgehead atoms. The van der Waals surface area contributed by atoms with Crippen LogP contribution in [0.5, 0.6) is 0 Å². The van der Waals surface area contributed by atoms with Gasteiger partial charge in [0.1, 0.15) is 5.69 Å². The Morgan fingerprint density at radius 3 is 2.57 bits per heavy atom. The summed E-state index contributed by atoms with van der Waals surface area (Å²) in [6.07, 6.45) is -0.444. The Morgan fingerprint density at radius 1 is 1.08 bits per heavy atom. The smallest absolute Gasteiger partial charge is 0.349 e. The lowest BCUT2D eigenvalue weighted by Gasteiger charge is -2.31. The highest BCUT2D eigenvalue weighted by Gasteiger charge is 2.28. The lowest BCUT2D eigenvalue weighted by atomic mass is 9.84. The van der Waals surface area contributed by atoms with Gasteiger partial charge in [0, 0.05) is 49.6 Å². The second-order valence-corrected chi connectivity index (χ2v) is 10.1. The van der Waals surface area contributed by atoms with E-state index in [0.29, 0.717) is 11.6 Å². The van der Waals surface area contributed by atoms with Crippen LogP contribution in [0.4, 0.5) is 22.0 Å². The van der Waals surface area contributed by atoms with Crippen LogP contribution in [-0.4, -0.2) is 52.6 Å². The van der Waals surface area contributed by atoms with Crippen molar-refractivity contribution in [1.29, 1.82) is 0 Å². The molecule has 0 spiro atoms. The van der Waals surface area contributed by atoms with Crippen LogP contribution in [0, 0.1) is 5.92 Å². The fourth-order valence-corrected chi connectivity index (χ4v) is 5.31. The number of hydrogen-bond acceptors (Lipinski definition) is 4. The Bertz CT molecular complexity index is 1050. The normalized spacial score (nSPS) is 20.9. The number of halogens is 5. The summed E-state index contributed by atoms with van der Waals surface area (Å²) in [4.78, 5) is 23.1. The van der Waals surface area contributed by atoms with Crippen LogP contribution in [0.15, 0.2) is 30.5 Å². The Kier molecular flexibility index (Phi) is 9.10. The molecular weight excluding hydrogens is 491 g/mol. The molecular formula is C27H33F5N4O. The zero-order valence-electron chi connectivity index (χ0n) is 20.7. The molecule has 2 aliphatic rings. The van der Waals surface area contributed by atoms with Gasteiger partial charge in [-0.05, 0) is 81.2 Å². The molecule has 5 nitrogen and oxygen atoms in total. The molecule has 10 heteroatoms. The van der Waals surface area contributed by atoms with Crippen LogP contribution in [0.2, 0.25) is 0 Å². The third-order valence-corrected chi connectivity index (χ3v) is 7.48. The first kappa shape index (κ1) is 27.4. The minimum Gasteiger partial charge on any atom is -0.349 e. The molecule has 1 fully saturated rings. The minimum absolute atomic E-state index is 0.0280. The summed E-state index contributed by atoms with van der Waals surface area (Å²) in [7, 11) is 0. The van der Waals surface area contributed by atoms with Gasteiger partial charge in [0.2, 0.25) is 0 Å². The van der Waals surface area contributed by atoms with E-state index in [1.165, 1.54) is 18.3 Å². The van der Waals surface area contributed by atoms with Gasteiger partial charge in [-0.2, -0.15) is 13.2 Å². The standard InChI is InChI=1S/C27H33F5N4O/c28-25(29)24-22(2-1-14-33-24)26(37)35-20-6-3-18(4-7-20)10-15-36-16-11-19-5-8-21(9-13-27(30,31)32)34-23(19)12-17-36/h1-2,5,8,14,18,20,25H,3-4,6-7,9-13,15-17H2,(H,35,37)/t18-,20-. The number of hydrogen-bond donors (Lipinski definition) is 1. The van der Waals surface area contributed by atoms with Crippen molar-refractivity contribution in [2.75, 3.05) is 19.6 Å². The first-order valence-electron chi connectivity index (χ1n) is 13.0. The molecule has 3 heterocycles. The van der Waals surface area contributed by atoms with Crippen molar-refractivity contribution in [3.63, 3.8) is 0 Å². The van der Waals surface area contributed by atoms with E-state index in [2.05, 4.69) is 20.2 Å². The third-order valence-electron chi connectivity index (χ3n) is 7.48. The molecule has 0 aromatic carbocycles. The van der Waals surface area contributed by atoms with E-state index in [4.69, 9.17) is 0 Å². The zero-order chi connectivity index (χ0) is 26.4. The molecule has 1 saturated carbocycles. The lowest BCUT2D eigenvalue weighted by molar-refractivity contribution is -0.134. The average Bonchev–Trinajstić information content (AvgIpc) is 3.08. The largest absolute Gasteiger partial charge is 0.389 e. The van der Waals surface area contributed by atoms with E-state index in [1.54, 1.807) is 6.07 Å². The van der Waals surface area contributed by atoms with Gasteiger partial charge in [0.25, 0.3) is 12.3 Å². The highest BCUT2D eigenvalue weighted by Crippen LogP contribution is 2.29. The van der Waals surface area contributed by atoms with E-state index in [0.717, 1.165) is 75.8 Å².